The molecular formula is C15H19N3O. The summed E-state index contributed by atoms with van der Waals surface area (Å²) in [5, 5.41) is 4.28. The van der Waals surface area contributed by atoms with Crippen LogP contribution in [0.5, 0.6) is 5.75 Å². The lowest BCUT2D eigenvalue weighted by Crippen LogP contribution is -2.13. The monoisotopic (exact) mass is 257 g/mol. The molecule has 4 nitrogen and oxygen atoms in total. The minimum absolute atomic E-state index is 0.0143. The number of hydrogen-bond donors (Lipinski definition) is 1. The van der Waals surface area contributed by atoms with Crippen LogP contribution >= 0.6 is 0 Å². The van der Waals surface area contributed by atoms with E-state index in [2.05, 4.69) is 30.4 Å². The Kier molecular flexibility index (Phi) is 3.25. The summed E-state index contributed by atoms with van der Waals surface area (Å²) in [6, 6.07) is 6.30. The van der Waals surface area contributed by atoms with Crippen molar-refractivity contribution in [1.82, 2.24) is 9.78 Å². The summed E-state index contributed by atoms with van der Waals surface area (Å²) in [5.74, 6) is 1.01. The third-order valence-corrected chi connectivity index (χ3v) is 3.61. The number of hydrogen-bond acceptors (Lipinski definition) is 3. The van der Waals surface area contributed by atoms with Crippen molar-refractivity contribution < 1.29 is 4.74 Å². The highest BCUT2D eigenvalue weighted by molar-refractivity contribution is 5.41. The van der Waals surface area contributed by atoms with Gasteiger partial charge in [-0.25, -0.2) is 0 Å². The van der Waals surface area contributed by atoms with E-state index in [1.54, 1.807) is 0 Å². The minimum Gasteiger partial charge on any atom is -0.493 e. The molecule has 19 heavy (non-hydrogen) atoms. The van der Waals surface area contributed by atoms with Crippen molar-refractivity contribution in [2.45, 2.75) is 32.4 Å². The highest BCUT2D eigenvalue weighted by Crippen LogP contribution is 2.28. The normalized spacial score (nSPS) is 15.1. The SMILES string of the molecule is CCn1cc(CC(N)c2ccc3c(c2)CCO3)cn1. The lowest BCUT2D eigenvalue weighted by Gasteiger charge is -2.12. The van der Waals surface area contributed by atoms with E-state index < -0.39 is 0 Å². The van der Waals surface area contributed by atoms with E-state index in [0.29, 0.717) is 0 Å². The van der Waals surface area contributed by atoms with Crippen LogP contribution in [0.4, 0.5) is 0 Å². The van der Waals surface area contributed by atoms with Gasteiger partial charge in [0, 0.05) is 25.2 Å². The third kappa shape index (κ3) is 2.49. The number of fused-ring (bicyclic) bond motifs is 1. The van der Waals surface area contributed by atoms with Gasteiger partial charge in [-0.1, -0.05) is 12.1 Å². The summed E-state index contributed by atoms with van der Waals surface area (Å²) < 4.78 is 7.44. The molecule has 0 radical (unpaired) electrons. The summed E-state index contributed by atoms with van der Waals surface area (Å²) in [5.41, 5.74) is 9.93. The molecule has 2 heterocycles. The summed E-state index contributed by atoms with van der Waals surface area (Å²) in [7, 11) is 0. The molecule has 3 rings (SSSR count). The van der Waals surface area contributed by atoms with Crippen LogP contribution < -0.4 is 10.5 Å². The van der Waals surface area contributed by atoms with Gasteiger partial charge in [0.05, 0.1) is 12.8 Å². The number of ether oxygens (including phenoxy) is 1. The molecule has 1 unspecified atom stereocenters. The zero-order chi connectivity index (χ0) is 13.2. The number of aryl methyl sites for hydroxylation is 1. The van der Waals surface area contributed by atoms with E-state index in [4.69, 9.17) is 10.5 Å². The average molecular weight is 257 g/mol. The van der Waals surface area contributed by atoms with Crippen LogP contribution in [0.2, 0.25) is 0 Å². The Morgan fingerprint density at radius 2 is 2.37 bits per heavy atom. The molecule has 1 atom stereocenters. The van der Waals surface area contributed by atoms with Gasteiger partial charge in [0.2, 0.25) is 0 Å². The maximum Gasteiger partial charge on any atom is 0.122 e. The minimum atomic E-state index is 0.0143. The zero-order valence-corrected chi connectivity index (χ0v) is 11.2. The van der Waals surface area contributed by atoms with E-state index in [-0.39, 0.29) is 6.04 Å². The Hall–Kier alpha value is -1.81. The Morgan fingerprint density at radius 3 is 3.16 bits per heavy atom. The molecule has 1 aliphatic rings. The van der Waals surface area contributed by atoms with Gasteiger partial charge in [-0.3, -0.25) is 4.68 Å². The predicted molar refractivity (Wildman–Crippen MR) is 74.2 cm³/mol. The van der Waals surface area contributed by atoms with Crippen molar-refractivity contribution in [2.24, 2.45) is 5.73 Å². The standard InChI is InChI=1S/C15H19N3O/c1-2-18-10-11(9-17-18)7-14(16)12-3-4-15-13(8-12)5-6-19-15/h3-4,8-10,14H,2,5-7,16H2,1H3. The molecule has 0 amide bonds. The van der Waals surface area contributed by atoms with Crippen LogP contribution in [-0.2, 0) is 19.4 Å². The second kappa shape index (κ2) is 5.05. The first-order valence-electron chi connectivity index (χ1n) is 6.79. The fourth-order valence-corrected chi connectivity index (χ4v) is 2.49. The number of nitrogens with zero attached hydrogens (tertiary/aromatic N) is 2. The van der Waals surface area contributed by atoms with Crippen LogP contribution in [0.3, 0.4) is 0 Å². The van der Waals surface area contributed by atoms with Crippen molar-refractivity contribution in [3.8, 4) is 5.75 Å². The van der Waals surface area contributed by atoms with Crippen LogP contribution in [0, 0.1) is 0 Å². The van der Waals surface area contributed by atoms with Gasteiger partial charge in [0.25, 0.3) is 0 Å². The fraction of sp³-hybridized carbons (Fsp3) is 0.400. The summed E-state index contributed by atoms with van der Waals surface area (Å²) in [6.45, 7) is 3.76. The zero-order valence-electron chi connectivity index (χ0n) is 11.2. The van der Waals surface area contributed by atoms with Gasteiger partial charge in [-0.2, -0.15) is 5.10 Å². The second-order valence-electron chi connectivity index (χ2n) is 4.98. The van der Waals surface area contributed by atoms with Crippen LogP contribution in [0.25, 0.3) is 0 Å². The van der Waals surface area contributed by atoms with Crippen molar-refractivity contribution in [2.75, 3.05) is 6.61 Å². The quantitative estimate of drug-likeness (QED) is 0.912. The summed E-state index contributed by atoms with van der Waals surface area (Å²) in [6.07, 6.45) is 5.78. The molecule has 1 aromatic heterocycles. The maximum absolute atomic E-state index is 6.29. The highest BCUT2D eigenvalue weighted by atomic mass is 16.5. The van der Waals surface area contributed by atoms with Crippen LogP contribution in [-0.4, -0.2) is 16.4 Å². The van der Waals surface area contributed by atoms with Gasteiger partial charge >= 0.3 is 0 Å². The Morgan fingerprint density at radius 1 is 1.47 bits per heavy atom. The number of nitrogens with two attached hydrogens (primary N) is 1. The predicted octanol–water partition coefficient (Wildman–Crippen LogP) is 2.08. The first-order valence-corrected chi connectivity index (χ1v) is 6.79. The average Bonchev–Trinajstić information content (AvgIpc) is 3.05. The van der Waals surface area contributed by atoms with E-state index in [1.807, 2.05) is 16.9 Å². The third-order valence-electron chi connectivity index (χ3n) is 3.61. The molecule has 2 aromatic rings. The molecule has 0 aliphatic carbocycles. The van der Waals surface area contributed by atoms with Gasteiger partial charge < -0.3 is 10.5 Å². The van der Waals surface area contributed by atoms with Crippen molar-refractivity contribution in [3.63, 3.8) is 0 Å². The molecule has 100 valence electrons. The van der Waals surface area contributed by atoms with Crippen molar-refractivity contribution in [3.05, 3.63) is 47.3 Å². The number of aromatic nitrogens is 2. The molecule has 0 fully saturated rings. The smallest absolute Gasteiger partial charge is 0.122 e. The Balaban J connectivity index is 1.74. The second-order valence-corrected chi connectivity index (χ2v) is 4.98. The van der Waals surface area contributed by atoms with Crippen molar-refractivity contribution in [1.29, 1.82) is 0 Å². The Labute approximate surface area is 113 Å². The molecule has 0 saturated carbocycles. The topological polar surface area (TPSA) is 53.1 Å². The summed E-state index contributed by atoms with van der Waals surface area (Å²) in [4.78, 5) is 0. The van der Waals surface area contributed by atoms with E-state index in [0.717, 1.165) is 31.7 Å². The van der Waals surface area contributed by atoms with Crippen LogP contribution in [0.1, 0.15) is 29.7 Å². The molecule has 0 bridgehead atoms. The van der Waals surface area contributed by atoms with Gasteiger partial charge in [-0.05, 0) is 36.1 Å². The number of benzene rings is 1. The lowest BCUT2D eigenvalue weighted by molar-refractivity contribution is 0.357. The largest absolute Gasteiger partial charge is 0.493 e. The molecule has 1 aromatic carbocycles. The molecule has 1 aliphatic heterocycles. The van der Waals surface area contributed by atoms with Crippen LogP contribution in [0.15, 0.2) is 30.6 Å². The molecule has 4 heteroatoms. The molecule has 0 saturated heterocycles. The molecule has 2 N–H and O–H groups in total. The Bertz CT molecular complexity index is 577. The fourth-order valence-electron chi connectivity index (χ4n) is 2.49. The first kappa shape index (κ1) is 12.2. The van der Waals surface area contributed by atoms with E-state index in [1.165, 1.54) is 16.7 Å². The van der Waals surface area contributed by atoms with Crippen molar-refractivity contribution >= 4 is 0 Å². The lowest BCUT2D eigenvalue weighted by atomic mass is 9.99. The summed E-state index contributed by atoms with van der Waals surface area (Å²) >= 11 is 0. The van der Waals surface area contributed by atoms with E-state index >= 15 is 0 Å². The molecular weight excluding hydrogens is 238 g/mol. The van der Waals surface area contributed by atoms with Gasteiger partial charge in [0.15, 0.2) is 0 Å². The highest BCUT2D eigenvalue weighted by Gasteiger charge is 2.15. The van der Waals surface area contributed by atoms with E-state index in [9.17, 15) is 0 Å². The number of rotatable bonds is 4. The van der Waals surface area contributed by atoms with Gasteiger partial charge in [-0.15, -0.1) is 0 Å². The van der Waals surface area contributed by atoms with Gasteiger partial charge in [0.1, 0.15) is 5.75 Å². The first-order chi connectivity index (χ1) is 9.26. The molecule has 0 spiro atoms. The maximum atomic E-state index is 6.29.